The van der Waals surface area contributed by atoms with Gasteiger partial charge in [-0.05, 0) is 31.5 Å². The number of benzene rings is 1. The number of hydrogen-bond acceptors (Lipinski definition) is 6. The van der Waals surface area contributed by atoms with Gasteiger partial charge in [0.1, 0.15) is 5.01 Å². The molecule has 7 heteroatoms. The van der Waals surface area contributed by atoms with Gasteiger partial charge in [-0.3, -0.25) is 4.98 Å². The minimum Gasteiger partial charge on any atom is -0.302 e. The van der Waals surface area contributed by atoms with E-state index in [2.05, 4.69) is 51.1 Å². The molecule has 1 aromatic carbocycles. The molecular formula is C20H19N5S2. The number of rotatable bonds is 6. The highest BCUT2D eigenvalue weighted by molar-refractivity contribution is 7.98. The van der Waals surface area contributed by atoms with Crippen LogP contribution in [0.3, 0.4) is 0 Å². The highest BCUT2D eigenvalue weighted by atomic mass is 32.2. The van der Waals surface area contributed by atoms with Crippen molar-refractivity contribution in [3.8, 4) is 22.1 Å². The predicted octanol–water partition coefficient (Wildman–Crippen LogP) is 5.08. The second-order valence-electron chi connectivity index (χ2n) is 6.01. The van der Waals surface area contributed by atoms with E-state index in [-0.39, 0.29) is 0 Å². The average Bonchev–Trinajstić information content (AvgIpc) is 3.34. The SMILES string of the molecule is CCn1c(SCc2csc(-c3ccccn3)n2)nnc1-c1ccccc1C. The van der Waals surface area contributed by atoms with Gasteiger partial charge < -0.3 is 4.57 Å². The average molecular weight is 394 g/mol. The van der Waals surface area contributed by atoms with Gasteiger partial charge in [-0.15, -0.1) is 21.5 Å². The Balaban J connectivity index is 1.53. The molecule has 0 bridgehead atoms. The zero-order valence-electron chi connectivity index (χ0n) is 15.2. The number of pyridine rings is 1. The standard InChI is InChI=1S/C20H19N5S2/c1-3-25-18(16-9-5-4-8-14(16)2)23-24-20(25)27-13-15-12-26-19(22-15)17-10-6-7-11-21-17/h4-12H,3,13H2,1-2H3. The third-order valence-corrected chi connectivity index (χ3v) is 6.12. The summed E-state index contributed by atoms with van der Waals surface area (Å²) in [6.07, 6.45) is 1.79. The molecular weight excluding hydrogens is 374 g/mol. The number of thioether (sulfide) groups is 1. The highest BCUT2D eigenvalue weighted by Crippen LogP contribution is 2.29. The van der Waals surface area contributed by atoms with Crippen LogP contribution in [0.2, 0.25) is 0 Å². The van der Waals surface area contributed by atoms with Crippen LogP contribution in [0.15, 0.2) is 59.2 Å². The summed E-state index contributed by atoms with van der Waals surface area (Å²) >= 11 is 3.29. The van der Waals surface area contributed by atoms with E-state index in [4.69, 9.17) is 4.98 Å². The molecule has 0 radical (unpaired) electrons. The zero-order chi connectivity index (χ0) is 18.6. The number of nitrogens with zero attached hydrogens (tertiary/aromatic N) is 5. The van der Waals surface area contributed by atoms with Crippen molar-refractivity contribution in [2.75, 3.05) is 0 Å². The van der Waals surface area contributed by atoms with Gasteiger partial charge in [0.15, 0.2) is 11.0 Å². The lowest BCUT2D eigenvalue weighted by Gasteiger charge is -2.08. The summed E-state index contributed by atoms with van der Waals surface area (Å²) in [7, 11) is 0. The van der Waals surface area contributed by atoms with Crippen LogP contribution < -0.4 is 0 Å². The first kappa shape index (κ1) is 17.9. The second-order valence-corrected chi connectivity index (χ2v) is 7.81. The first-order chi connectivity index (χ1) is 13.3. The fourth-order valence-corrected chi connectivity index (χ4v) is 4.62. The van der Waals surface area contributed by atoms with Gasteiger partial charge in [0.05, 0.1) is 11.4 Å². The predicted molar refractivity (Wildman–Crippen MR) is 111 cm³/mol. The Morgan fingerprint density at radius 3 is 2.70 bits per heavy atom. The Labute approximate surface area is 166 Å². The topological polar surface area (TPSA) is 56.5 Å². The van der Waals surface area contributed by atoms with Crippen LogP contribution in [0, 0.1) is 6.92 Å². The van der Waals surface area contributed by atoms with Crippen LogP contribution in [-0.2, 0) is 12.3 Å². The van der Waals surface area contributed by atoms with Gasteiger partial charge in [0.25, 0.3) is 0 Å². The molecule has 3 heterocycles. The van der Waals surface area contributed by atoms with E-state index in [0.29, 0.717) is 0 Å². The Morgan fingerprint density at radius 2 is 1.93 bits per heavy atom. The molecule has 0 spiro atoms. The first-order valence-corrected chi connectivity index (χ1v) is 10.6. The summed E-state index contributed by atoms with van der Waals surface area (Å²) in [5, 5.41) is 12.8. The Bertz CT molecular complexity index is 1040. The van der Waals surface area contributed by atoms with Crippen molar-refractivity contribution in [2.24, 2.45) is 0 Å². The van der Waals surface area contributed by atoms with Crippen LogP contribution in [0.1, 0.15) is 18.2 Å². The molecule has 0 aliphatic heterocycles. The van der Waals surface area contributed by atoms with Gasteiger partial charge in [-0.2, -0.15) is 0 Å². The van der Waals surface area contributed by atoms with Crippen molar-refractivity contribution >= 4 is 23.1 Å². The minimum atomic E-state index is 0.759. The lowest BCUT2D eigenvalue weighted by atomic mass is 10.1. The van der Waals surface area contributed by atoms with Gasteiger partial charge in [0.2, 0.25) is 0 Å². The molecule has 0 fully saturated rings. The van der Waals surface area contributed by atoms with Gasteiger partial charge in [-0.25, -0.2) is 4.98 Å². The van der Waals surface area contributed by atoms with Crippen molar-refractivity contribution in [3.05, 3.63) is 65.3 Å². The van der Waals surface area contributed by atoms with E-state index in [1.807, 2.05) is 30.3 Å². The van der Waals surface area contributed by atoms with Gasteiger partial charge in [-0.1, -0.05) is 42.1 Å². The van der Waals surface area contributed by atoms with E-state index in [0.717, 1.165) is 45.2 Å². The van der Waals surface area contributed by atoms with Crippen LogP contribution >= 0.6 is 23.1 Å². The fraction of sp³-hybridized carbons (Fsp3) is 0.200. The molecule has 0 aliphatic rings. The molecule has 0 aliphatic carbocycles. The third kappa shape index (κ3) is 3.79. The van der Waals surface area contributed by atoms with Crippen molar-refractivity contribution in [1.29, 1.82) is 0 Å². The lowest BCUT2D eigenvalue weighted by molar-refractivity contribution is 0.687. The quantitative estimate of drug-likeness (QED) is 0.427. The summed E-state index contributed by atoms with van der Waals surface area (Å²) in [5.41, 5.74) is 4.28. The summed E-state index contributed by atoms with van der Waals surface area (Å²) in [6, 6.07) is 14.2. The van der Waals surface area contributed by atoms with Crippen LogP contribution in [0.4, 0.5) is 0 Å². The summed E-state index contributed by atoms with van der Waals surface area (Å²) < 4.78 is 2.17. The molecule has 0 saturated heterocycles. The summed E-state index contributed by atoms with van der Waals surface area (Å²) in [5.74, 6) is 1.68. The maximum Gasteiger partial charge on any atom is 0.191 e. The monoisotopic (exact) mass is 393 g/mol. The molecule has 0 saturated carbocycles. The van der Waals surface area contributed by atoms with Crippen molar-refractivity contribution in [2.45, 2.75) is 31.3 Å². The summed E-state index contributed by atoms with van der Waals surface area (Å²) in [6.45, 7) is 5.05. The van der Waals surface area contributed by atoms with E-state index in [1.165, 1.54) is 5.56 Å². The number of thiazole rings is 1. The van der Waals surface area contributed by atoms with E-state index >= 15 is 0 Å². The van der Waals surface area contributed by atoms with Crippen LogP contribution in [0.5, 0.6) is 0 Å². The lowest BCUT2D eigenvalue weighted by Crippen LogP contribution is -2.00. The Morgan fingerprint density at radius 1 is 1.07 bits per heavy atom. The molecule has 4 aromatic rings. The van der Waals surface area contributed by atoms with Crippen molar-refractivity contribution in [1.82, 2.24) is 24.7 Å². The molecule has 136 valence electrons. The zero-order valence-corrected chi connectivity index (χ0v) is 16.8. The molecule has 0 atom stereocenters. The highest BCUT2D eigenvalue weighted by Gasteiger charge is 2.15. The number of aromatic nitrogens is 5. The molecule has 3 aromatic heterocycles. The minimum absolute atomic E-state index is 0.759. The smallest absolute Gasteiger partial charge is 0.191 e. The molecule has 0 unspecified atom stereocenters. The maximum absolute atomic E-state index is 4.71. The molecule has 0 amide bonds. The molecule has 4 rings (SSSR count). The molecule has 5 nitrogen and oxygen atoms in total. The van der Waals surface area contributed by atoms with Crippen LogP contribution in [0.25, 0.3) is 22.1 Å². The molecule has 27 heavy (non-hydrogen) atoms. The Kier molecular flexibility index (Phi) is 5.31. The Hall–Kier alpha value is -2.51. The second kappa shape index (κ2) is 8.02. The fourth-order valence-electron chi connectivity index (χ4n) is 2.82. The summed E-state index contributed by atoms with van der Waals surface area (Å²) in [4.78, 5) is 9.08. The molecule has 0 N–H and O–H groups in total. The van der Waals surface area contributed by atoms with Crippen LogP contribution in [-0.4, -0.2) is 24.7 Å². The maximum atomic E-state index is 4.71. The van der Waals surface area contributed by atoms with E-state index < -0.39 is 0 Å². The van der Waals surface area contributed by atoms with Gasteiger partial charge in [0, 0.05) is 29.4 Å². The van der Waals surface area contributed by atoms with E-state index in [9.17, 15) is 0 Å². The first-order valence-electron chi connectivity index (χ1n) is 8.74. The normalized spacial score (nSPS) is 11.0. The largest absolute Gasteiger partial charge is 0.302 e. The van der Waals surface area contributed by atoms with Crippen molar-refractivity contribution in [3.63, 3.8) is 0 Å². The van der Waals surface area contributed by atoms with E-state index in [1.54, 1.807) is 29.3 Å². The third-order valence-electron chi connectivity index (χ3n) is 4.20. The number of aryl methyl sites for hydroxylation is 1. The number of hydrogen-bond donors (Lipinski definition) is 0. The van der Waals surface area contributed by atoms with Crippen molar-refractivity contribution < 1.29 is 0 Å². The van der Waals surface area contributed by atoms with Gasteiger partial charge >= 0.3 is 0 Å².